The van der Waals surface area contributed by atoms with Crippen molar-refractivity contribution in [1.82, 2.24) is 0 Å². The minimum absolute atomic E-state index is 0.472. The van der Waals surface area contributed by atoms with E-state index in [-0.39, 0.29) is 0 Å². The van der Waals surface area contributed by atoms with Gasteiger partial charge >= 0.3 is 7.12 Å². The van der Waals surface area contributed by atoms with E-state index >= 15 is 0 Å². The average Bonchev–Trinajstić information content (AvgIpc) is 1.89. The first-order valence-corrected chi connectivity index (χ1v) is 3.03. The third kappa shape index (κ3) is 3.27. The van der Waals surface area contributed by atoms with Gasteiger partial charge < -0.3 is 10.0 Å². The number of allylic oxidation sites excluding steroid dienone is 5. The standard InChI is InChI=1S/C7H11BO2/c1-3-5-6-7(4-2)8(9)10/h3-6,9-10H,1H2,2H3/b6-5-,7-4+. The van der Waals surface area contributed by atoms with E-state index in [4.69, 9.17) is 10.0 Å². The minimum atomic E-state index is -1.39. The van der Waals surface area contributed by atoms with Crippen molar-refractivity contribution in [3.05, 3.63) is 36.4 Å². The smallest absolute Gasteiger partial charge is 0.423 e. The Morgan fingerprint density at radius 2 is 2.10 bits per heavy atom. The van der Waals surface area contributed by atoms with Crippen LogP contribution >= 0.6 is 0 Å². The molecule has 0 saturated heterocycles. The summed E-state index contributed by atoms with van der Waals surface area (Å²) < 4.78 is 0. The van der Waals surface area contributed by atoms with Gasteiger partial charge in [0.25, 0.3) is 0 Å². The summed E-state index contributed by atoms with van der Waals surface area (Å²) >= 11 is 0. The summed E-state index contributed by atoms with van der Waals surface area (Å²) in [5.74, 6) is 0. The fraction of sp³-hybridized carbons (Fsp3) is 0.143. The van der Waals surface area contributed by atoms with Crippen LogP contribution in [0.2, 0.25) is 0 Å². The summed E-state index contributed by atoms with van der Waals surface area (Å²) in [6.07, 6.45) is 6.45. The monoisotopic (exact) mass is 138 g/mol. The second-order valence-corrected chi connectivity index (χ2v) is 1.76. The van der Waals surface area contributed by atoms with Crippen LogP contribution in [0.1, 0.15) is 6.92 Å². The molecule has 0 amide bonds. The van der Waals surface area contributed by atoms with Crippen molar-refractivity contribution in [2.24, 2.45) is 0 Å². The van der Waals surface area contributed by atoms with Gasteiger partial charge in [0.1, 0.15) is 0 Å². The zero-order chi connectivity index (χ0) is 7.98. The molecular formula is C7H11BO2. The van der Waals surface area contributed by atoms with Crippen molar-refractivity contribution < 1.29 is 10.0 Å². The fourth-order valence-electron chi connectivity index (χ4n) is 0.511. The lowest BCUT2D eigenvalue weighted by molar-refractivity contribution is 0.420. The van der Waals surface area contributed by atoms with E-state index in [0.29, 0.717) is 5.47 Å². The molecule has 3 heteroatoms. The second-order valence-electron chi connectivity index (χ2n) is 1.76. The van der Waals surface area contributed by atoms with E-state index in [1.54, 1.807) is 31.2 Å². The molecule has 2 N–H and O–H groups in total. The fourth-order valence-corrected chi connectivity index (χ4v) is 0.511. The Hall–Kier alpha value is -0.795. The van der Waals surface area contributed by atoms with E-state index in [9.17, 15) is 0 Å². The number of hydrogen-bond donors (Lipinski definition) is 2. The van der Waals surface area contributed by atoms with Crippen LogP contribution in [-0.4, -0.2) is 17.2 Å². The summed E-state index contributed by atoms with van der Waals surface area (Å²) in [7, 11) is -1.39. The maximum atomic E-state index is 8.64. The molecule has 0 aliphatic heterocycles. The first kappa shape index (κ1) is 9.20. The van der Waals surface area contributed by atoms with Crippen LogP contribution in [0.3, 0.4) is 0 Å². The van der Waals surface area contributed by atoms with E-state index in [2.05, 4.69) is 6.58 Å². The second kappa shape index (κ2) is 5.03. The van der Waals surface area contributed by atoms with Crippen LogP contribution in [0.15, 0.2) is 36.4 Å². The van der Waals surface area contributed by atoms with Crippen LogP contribution in [0.25, 0.3) is 0 Å². The zero-order valence-corrected chi connectivity index (χ0v) is 5.99. The van der Waals surface area contributed by atoms with E-state index in [1.165, 1.54) is 0 Å². The molecule has 2 nitrogen and oxygen atoms in total. The molecule has 54 valence electrons. The van der Waals surface area contributed by atoms with Gasteiger partial charge in [-0.1, -0.05) is 30.9 Å². The van der Waals surface area contributed by atoms with Crippen molar-refractivity contribution in [3.63, 3.8) is 0 Å². The van der Waals surface area contributed by atoms with Gasteiger partial charge in [-0.3, -0.25) is 0 Å². The molecule has 0 saturated carbocycles. The Kier molecular flexibility index (Phi) is 4.63. The minimum Gasteiger partial charge on any atom is -0.423 e. The summed E-state index contributed by atoms with van der Waals surface area (Å²) in [4.78, 5) is 0. The van der Waals surface area contributed by atoms with Crippen LogP contribution < -0.4 is 0 Å². The van der Waals surface area contributed by atoms with Gasteiger partial charge in [0, 0.05) is 0 Å². The normalized spacial score (nSPS) is 12.1. The highest BCUT2D eigenvalue weighted by molar-refractivity contribution is 6.51. The highest BCUT2D eigenvalue weighted by Gasteiger charge is 2.08. The van der Waals surface area contributed by atoms with Crippen molar-refractivity contribution in [2.45, 2.75) is 6.92 Å². The van der Waals surface area contributed by atoms with Gasteiger partial charge in [0.2, 0.25) is 0 Å². The summed E-state index contributed by atoms with van der Waals surface area (Å²) in [6.45, 7) is 5.19. The maximum Gasteiger partial charge on any atom is 0.488 e. The number of rotatable bonds is 3. The molecule has 0 unspecified atom stereocenters. The van der Waals surface area contributed by atoms with Gasteiger partial charge in [0.15, 0.2) is 0 Å². The highest BCUT2D eigenvalue weighted by atomic mass is 16.4. The van der Waals surface area contributed by atoms with Gasteiger partial charge in [-0.05, 0) is 12.4 Å². The van der Waals surface area contributed by atoms with Gasteiger partial charge in [-0.2, -0.15) is 0 Å². The van der Waals surface area contributed by atoms with Gasteiger partial charge in [-0.25, -0.2) is 0 Å². The third-order valence-electron chi connectivity index (χ3n) is 1.06. The molecule has 0 spiro atoms. The first-order valence-electron chi connectivity index (χ1n) is 3.03. The Morgan fingerprint density at radius 1 is 1.50 bits per heavy atom. The zero-order valence-electron chi connectivity index (χ0n) is 5.99. The molecule has 10 heavy (non-hydrogen) atoms. The summed E-state index contributed by atoms with van der Waals surface area (Å²) in [6, 6.07) is 0. The Bertz CT molecular complexity index is 159. The van der Waals surface area contributed by atoms with Gasteiger partial charge in [-0.15, -0.1) is 0 Å². The molecule has 0 aromatic rings. The Labute approximate surface area is 61.3 Å². The quantitative estimate of drug-likeness (QED) is 0.444. The first-order chi connectivity index (χ1) is 4.72. The van der Waals surface area contributed by atoms with Gasteiger partial charge in [0.05, 0.1) is 0 Å². The van der Waals surface area contributed by atoms with Crippen molar-refractivity contribution >= 4 is 7.12 Å². The lowest BCUT2D eigenvalue weighted by Crippen LogP contribution is -2.13. The Balaban J connectivity index is 4.10. The molecule has 0 radical (unpaired) electrons. The molecule has 0 heterocycles. The Morgan fingerprint density at radius 3 is 2.40 bits per heavy atom. The molecule has 0 aromatic carbocycles. The van der Waals surface area contributed by atoms with E-state index < -0.39 is 7.12 Å². The van der Waals surface area contributed by atoms with Crippen LogP contribution in [-0.2, 0) is 0 Å². The average molecular weight is 138 g/mol. The van der Waals surface area contributed by atoms with Crippen molar-refractivity contribution in [3.8, 4) is 0 Å². The van der Waals surface area contributed by atoms with Crippen molar-refractivity contribution in [2.75, 3.05) is 0 Å². The van der Waals surface area contributed by atoms with Crippen molar-refractivity contribution in [1.29, 1.82) is 0 Å². The molecule has 0 fully saturated rings. The highest BCUT2D eigenvalue weighted by Crippen LogP contribution is 1.97. The molecule has 0 atom stereocenters. The maximum absolute atomic E-state index is 8.64. The largest absolute Gasteiger partial charge is 0.488 e. The predicted molar refractivity (Wildman–Crippen MR) is 43.3 cm³/mol. The SMILES string of the molecule is C=C/C=C\C(=C/C)B(O)O. The molecule has 0 aliphatic rings. The summed E-state index contributed by atoms with van der Waals surface area (Å²) in [5.41, 5.74) is 0.472. The lowest BCUT2D eigenvalue weighted by atomic mass is 9.79. The molecule has 0 aliphatic carbocycles. The topological polar surface area (TPSA) is 40.5 Å². The van der Waals surface area contributed by atoms with E-state index in [1.807, 2.05) is 0 Å². The third-order valence-corrected chi connectivity index (χ3v) is 1.06. The molecule has 0 rings (SSSR count). The molecule has 0 bridgehead atoms. The van der Waals surface area contributed by atoms with E-state index in [0.717, 1.165) is 0 Å². The molecular weight excluding hydrogens is 127 g/mol. The number of hydrogen-bond acceptors (Lipinski definition) is 2. The van der Waals surface area contributed by atoms with Crippen LogP contribution in [0.5, 0.6) is 0 Å². The summed E-state index contributed by atoms with van der Waals surface area (Å²) in [5, 5.41) is 17.3. The molecule has 0 aromatic heterocycles. The van der Waals surface area contributed by atoms with Crippen LogP contribution in [0.4, 0.5) is 0 Å². The predicted octanol–water partition coefficient (Wildman–Crippen LogP) is 0.687. The lowest BCUT2D eigenvalue weighted by Gasteiger charge is -1.95. The van der Waals surface area contributed by atoms with Crippen LogP contribution in [0, 0.1) is 0 Å².